The lowest BCUT2D eigenvalue weighted by atomic mass is 10.1. The van der Waals surface area contributed by atoms with E-state index in [1.807, 2.05) is 16.8 Å². The largest absolute Gasteiger partial charge is 0.325 e. The SMILES string of the molecule is CN(C(=O)N1CCCCC1)[C@@H]1CCNC1. The molecule has 2 rings (SSSR count). The minimum Gasteiger partial charge on any atom is -0.325 e. The van der Waals surface area contributed by atoms with Crippen molar-refractivity contribution >= 4 is 6.03 Å². The standard InChI is InChI=1S/C11H21N3O/c1-13(10-5-6-12-9-10)11(15)14-7-3-2-4-8-14/h10,12H,2-9H2,1H3/t10-/m1/s1. The number of likely N-dealkylation sites (tertiary alicyclic amines) is 1. The van der Waals surface area contributed by atoms with Crippen LogP contribution >= 0.6 is 0 Å². The van der Waals surface area contributed by atoms with Crippen molar-refractivity contribution in [1.82, 2.24) is 15.1 Å². The second-order valence-electron chi connectivity index (χ2n) is 4.59. The zero-order chi connectivity index (χ0) is 10.7. The van der Waals surface area contributed by atoms with E-state index in [9.17, 15) is 4.79 Å². The molecule has 0 saturated carbocycles. The second-order valence-corrected chi connectivity index (χ2v) is 4.59. The summed E-state index contributed by atoms with van der Waals surface area (Å²) < 4.78 is 0. The number of piperidine rings is 1. The first-order chi connectivity index (χ1) is 7.29. The van der Waals surface area contributed by atoms with E-state index in [1.165, 1.54) is 19.3 Å². The van der Waals surface area contributed by atoms with E-state index in [0.29, 0.717) is 6.04 Å². The molecule has 15 heavy (non-hydrogen) atoms. The van der Waals surface area contributed by atoms with Crippen LogP contribution in [0.1, 0.15) is 25.7 Å². The van der Waals surface area contributed by atoms with E-state index in [4.69, 9.17) is 0 Å². The van der Waals surface area contributed by atoms with Crippen LogP contribution in [0, 0.1) is 0 Å². The summed E-state index contributed by atoms with van der Waals surface area (Å²) in [5, 5.41) is 3.30. The maximum Gasteiger partial charge on any atom is 0.320 e. The van der Waals surface area contributed by atoms with Crippen molar-refractivity contribution in [1.29, 1.82) is 0 Å². The fraction of sp³-hybridized carbons (Fsp3) is 0.909. The quantitative estimate of drug-likeness (QED) is 0.699. The Labute approximate surface area is 91.6 Å². The highest BCUT2D eigenvalue weighted by Gasteiger charge is 2.27. The lowest BCUT2D eigenvalue weighted by Crippen LogP contribution is -2.48. The molecule has 0 bridgehead atoms. The van der Waals surface area contributed by atoms with Gasteiger partial charge < -0.3 is 15.1 Å². The molecule has 1 atom stereocenters. The molecule has 2 fully saturated rings. The van der Waals surface area contributed by atoms with Gasteiger partial charge in [0.05, 0.1) is 0 Å². The number of urea groups is 1. The van der Waals surface area contributed by atoms with Gasteiger partial charge in [-0.2, -0.15) is 0 Å². The molecule has 0 spiro atoms. The minimum atomic E-state index is 0.225. The third-order valence-corrected chi connectivity index (χ3v) is 3.51. The first-order valence-electron chi connectivity index (χ1n) is 6.01. The fourth-order valence-corrected chi connectivity index (χ4v) is 2.43. The summed E-state index contributed by atoms with van der Waals surface area (Å²) in [5.41, 5.74) is 0. The molecular formula is C11H21N3O. The van der Waals surface area contributed by atoms with E-state index in [-0.39, 0.29) is 6.03 Å². The highest BCUT2D eigenvalue weighted by molar-refractivity contribution is 5.74. The summed E-state index contributed by atoms with van der Waals surface area (Å²) >= 11 is 0. The molecule has 2 saturated heterocycles. The van der Waals surface area contributed by atoms with Gasteiger partial charge in [-0.3, -0.25) is 0 Å². The number of hydrogen-bond donors (Lipinski definition) is 1. The Hall–Kier alpha value is -0.770. The predicted octanol–water partition coefficient (Wildman–Crippen LogP) is 0.886. The number of nitrogens with zero attached hydrogens (tertiary/aromatic N) is 2. The van der Waals surface area contributed by atoms with Gasteiger partial charge in [-0.15, -0.1) is 0 Å². The summed E-state index contributed by atoms with van der Waals surface area (Å²) in [4.78, 5) is 16.0. The van der Waals surface area contributed by atoms with Crippen molar-refractivity contribution in [2.24, 2.45) is 0 Å². The monoisotopic (exact) mass is 211 g/mol. The smallest absolute Gasteiger partial charge is 0.320 e. The van der Waals surface area contributed by atoms with Gasteiger partial charge in [0.15, 0.2) is 0 Å². The maximum absolute atomic E-state index is 12.1. The van der Waals surface area contributed by atoms with Crippen LogP contribution in [0.3, 0.4) is 0 Å². The molecule has 2 amide bonds. The lowest BCUT2D eigenvalue weighted by Gasteiger charge is -2.33. The van der Waals surface area contributed by atoms with Crippen LogP contribution in [-0.2, 0) is 0 Å². The molecular weight excluding hydrogens is 190 g/mol. The van der Waals surface area contributed by atoms with Crippen molar-refractivity contribution in [3.05, 3.63) is 0 Å². The van der Waals surface area contributed by atoms with Crippen molar-refractivity contribution in [2.75, 3.05) is 33.2 Å². The van der Waals surface area contributed by atoms with E-state index < -0.39 is 0 Å². The van der Waals surface area contributed by atoms with Crippen LogP contribution in [0.15, 0.2) is 0 Å². The van der Waals surface area contributed by atoms with Crippen LogP contribution in [0.4, 0.5) is 4.79 Å². The van der Waals surface area contributed by atoms with Gasteiger partial charge in [0.25, 0.3) is 0 Å². The van der Waals surface area contributed by atoms with Crippen molar-refractivity contribution < 1.29 is 4.79 Å². The molecule has 0 unspecified atom stereocenters. The highest BCUT2D eigenvalue weighted by Crippen LogP contribution is 2.14. The zero-order valence-corrected chi connectivity index (χ0v) is 9.54. The second kappa shape index (κ2) is 4.84. The van der Waals surface area contributed by atoms with E-state index in [1.54, 1.807) is 0 Å². The highest BCUT2D eigenvalue weighted by atomic mass is 16.2. The van der Waals surface area contributed by atoms with Gasteiger partial charge in [-0.1, -0.05) is 0 Å². The zero-order valence-electron chi connectivity index (χ0n) is 9.54. The molecule has 0 aromatic carbocycles. The maximum atomic E-state index is 12.1. The third kappa shape index (κ3) is 2.43. The number of nitrogens with one attached hydrogen (secondary N) is 1. The third-order valence-electron chi connectivity index (χ3n) is 3.51. The summed E-state index contributed by atoms with van der Waals surface area (Å²) in [5.74, 6) is 0. The van der Waals surface area contributed by atoms with Crippen LogP contribution in [0.2, 0.25) is 0 Å². The first kappa shape index (κ1) is 10.7. The number of rotatable bonds is 1. The molecule has 0 aromatic rings. The molecule has 4 nitrogen and oxygen atoms in total. The minimum absolute atomic E-state index is 0.225. The van der Waals surface area contributed by atoms with Gasteiger partial charge in [0.1, 0.15) is 0 Å². The van der Waals surface area contributed by atoms with Crippen LogP contribution in [0.25, 0.3) is 0 Å². The van der Waals surface area contributed by atoms with Gasteiger partial charge in [0.2, 0.25) is 0 Å². The summed E-state index contributed by atoms with van der Waals surface area (Å²) in [7, 11) is 1.94. The number of carbonyl (C=O) groups is 1. The summed E-state index contributed by atoms with van der Waals surface area (Å²) in [6.45, 7) is 3.89. The average molecular weight is 211 g/mol. The van der Waals surface area contributed by atoms with Crippen LogP contribution in [0.5, 0.6) is 0 Å². The number of amides is 2. The number of likely N-dealkylation sites (N-methyl/N-ethyl adjacent to an activating group) is 1. The molecule has 0 aromatic heterocycles. The Morgan fingerprint density at radius 1 is 1.33 bits per heavy atom. The summed E-state index contributed by atoms with van der Waals surface area (Å²) in [6, 6.07) is 0.628. The molecule has 1 N–H and O–H groups in total. The van der Waals surface area contributed by atoms with Crippen molar-refractivity contribution in [3.63, 3.8) is 0 Å². The molecule has 2 aliphatic rings. The number of carbonyl (C=O) groups excluding carboxylic acids is 1. The van der Waals surface area contributed by atoms with Crippen LogP contribution in [-0.4, -0.2) is 55.1 Å². The molecule has 0 aliphatic carbocycles. The van der Waals surface area contributed by atoms with Crippen molar-refractivity contribution in [2.45, 2.75) is 31.7 Å². The Bertz CT molecular complexity index is 220. The molecule has 0 radical (unpaired) electrons. The van der Waals surface area contributed by atoms with Crippen molar-refractivity contribution in [3.8, 4) is 0 Å². The molecule has 2 heterocycles. The lowest BCUT2D eigenvalue weighted by molar-refractivity contribution is 0.140. The predicted molar refractivity (Wildman–Crippen MR) is 59.9 cm³/mol. The van der Waals surface area contributed by atoms with E-state index in [2.05, 4.69) is 5.32 Å². The Balaban J connectivity index is 1.87. The summed E-state index contributed by atoms with van der Waals surface area (Å²) in [6.07, 6.45) is 4.71. The molecule has 2 aliphatic heterocycles. The average Bonchev–Trinajstić information content (AvgIpc) is 2.82. The fourth-order valence-electron chi connectivity index (χ4n) is 2.43. The number of hydrogen-bond acceptors (Lipinski definition) is 2. The normalized spacial score (nSPS) is 26.7. The van der Waals surface area contributed by atoms with Gasteiger partial charge >= 0.3 is 6.03 Å². The van der Waals surface area contributed by atoms with Crippen LogP contribution < -0.4 is 5.32 Å². The Morgan fingerprint density at radius 2 is 2.07 bits per heavy atom. The van der Waals surface area contributed by atoms with E-state index >= 15 is 0 Å². The Morgan fingerprint density at radius 3 is 2.67 bits per heavy atom. The van der Waals surface area contributed by atoms with Gasteiger partial charge in [-0.05, 0) is 32.2 Å². The van der Waals surface area contributed by atoms with E-state index in [0.717, 1.165) is 32.6 Å². The molecule has 4 heteroatoms. The molecule has 86 valence electrons. The first-order valence-corrected chi connectivity index (χ1v) is 6.01. The van der Waals surface area contributed by atoms with Gasteiger partial charge in [0, 0.05) is 32.7 Å². The topological polar surface area (TPSA) is 35.6 Å². The Kier molecular flexibility index (Phi) is 3.46. The van der Waals surface area contributed by atoms with Gasteiger partial charge in [-0.25, -0.2) is 4.79 Å².